The third kappa shape index (κ3) is 8.02. The lowest BCUT2D eigenvalue weighted by Crippen LogP contribution is -2.38. The molecule has 0 radical (unpaired) electrons. The highest BCUT2D eigenvalue weighted by molar-refractivity contribution is 14.0. The van der Waals surface area contributed by atoms with Gasteiger partial charge < -0.3 is 10.6 Å². The molecule has 0 saturated heterocycles. The molecule has 2 aromatic rings. The van der Waals surface area contributed by atoms with Gasteiger partial charge in [0.2, 0.25) is 0 Å². The van der Waals surface area contributed by atoms with Crippen LogP contribution in [0.4, 0.5) is 0 Å². The van der Waals surface area contributed by atoms with Gasteiger partial charge in [0.15, 0.2) is 5.96 Å². The van der Waals surface area contributed by atoms with Crippen LogP contribution in [0.25, 0.3) is 0 Å². The second-order valence-corrected chi connectivity index (χ2v) is 5.25. The summed E-state index contributed by atoms with van der Waals surface area (Å²) < 4.78 is 0. The van der Waals surface area contributed by atoms with Crippen LogP contribution in [0.2, 0.25) is 0 Å². The van der Waals surface area contributed by atoms with E-state index in [9.17, 15) is 0 Å². The number of rotatable bonds is 7. The van der Waals surface area contributed by atoms with Crippen LogP contribution in [0.1, 0.15) is 17.5 Å². The summed E-state index contributed by atoms with van der Waals surface area (Å²) in [6.07, 6.45) is 3.20. The van der Waals surface area contributed by atoms with E-state index in [4.69, 9.17) is 0 Å². The first kappa shape index (κ1) is 19.5. The molecular formula is C19H26IN3. The molecule has 0 spiro atoms. The van der Waals surface area contributed by atoms with Crippen LogP contribution in [0, 0.1) is 0 Å². The number of hydrogen-bond donors (Lipinski definition) is 2. The van der Waals surface area contributed by atoms with E-state index in [-0.39, 0.29) is 24.0 Å². The van der Waals surface area contributed by atoms with Gasteiger partial charge in [0, 0.05) is 20.1 Å². The number of aryl methyl sites for hydroxylation is 1. The first-order chi connectivity index (χ1) is 10.9. The van der Waals surface area contributed by atoms with Crippen molar-refractivity contribution in [2.45, 2.75) is 19.3 Å². The van der Waals surface area contributed by atoms with Crippen molar-refractivity contribution in [2.24, 2.45) is 4.99 Å². The molecular weight excluding hydrogens is 397 g/mol. The molecule has 0 amide bonds. The van der Waals surface area contributed by atoms with Crippen molar-refractivity contribution in [3.05, 3.63) is 71.8 Å². The second-order valence-electron chi connectivity index (χ2n) is 5.25. The molecule has 0 bridgehead atoms. The van der Waals surface area contributed by atoms with E-state index >= 15 is 0 Å². The van der Waals surface area contributed by atoms with Crippen molar-refractivity contribution in [1.82, 2.24) is 10.6 Å². The van der Waals surface area contributed by atoms with Gasteiger partial charge in [-0.1, -0.05) is 60.7 Å². The normalized spacial score (nSPS) is 10.7. The summed E-state index contributed by atoms with van der Waals surface area (Å²) >= 11 is 0. The minimum atomic E-state index is 0. The van der Waals surface area contributed by atoms with Crippen LogP contribution in [0.5, 0.6) is 0 Å². The Morgan fingerprint density at radius 3 is 1.87 bits per heavy atom. The number of aliphatic imine (C=N–C) groups is 1. The van der Waals surface area contributed by atoms with Gasteiger partial charge in [-0.3, -0.25) is 4.99 Å². The Balaban J connectivity index is 0.00000264. The number of benzene rings is 2. The maximum atomic E-state index is 4.26. The quantitative estimate of drug-likeness (QED) is 0.309. The second kappa shape index (κ2) is 11.9. The van der Waals surface area contributed by atoms with Crippen molar-refractivity contribution < 1.29 is 0 Å². The molecule has 0 aliphatic carbocycles. The van der Waals surface area contributed by atoms with Gasteiger partial charge in [0.25, 0.3) is 0 Å². The monoisotopic (exact) mass is 423 g/mol. The Kier molecular flexibility index (Phi) is 10.1. The van der Waals surface area contributed by atoms with Crippen LogP contribution in [0.15, 0.2) is 65.7 Å². The number of hydrogen-bond acceptors (Lipinski definition) is 1. The van der Waals surface area contributed by atoms with Gasteiger partial charge in [0.05, 0.1) is 0 Å². The molecule has 124 valence electrons. The van der Waals surface area contributed by atoms with Crippen molar-refractivity contribution in [2.75, 3.05) is 20.1 Å². The lowest BCUT2D eigenvalue weighted by atomic mass is 10.1. The van der Waals surface area contributed by atoms with Crippen LogP contribution in [0.3, 0.4) is 0 Å². The Labute approximate surface area is 156 Å². The zero-order valence-electron chi connectivity index (χ0n) is 13.7. The average molecular weight is 423 g/mol. The molecule has 4 heteroatoms. The molecule has 0 unspecified atom stereocenters. The van der Waals surface area contributed by atoms with E-state index < -0.39 is 0 Å². The van der Waals surface area contributed by atoms with Crippen molar-refractivity contribution in [3.8, 4) is 0 Å². The lowest BCUT2D eigenvalue weighted by Gasteiger charge is -2.12. The van der Waals surface area contributed by atoms with E-state index in [0.717, 1.165) is 38.3 Å². The first-order valence-corrected chi connectivity index (χ1v) is 7.91. The number of halogens is 1. The summed E-state index contributed by atoms with van der Waals surface area (Å²) in [5.74, 6) is 0.879. The molecule has 0 aliphatic rings. The topological polar surface area (TPSA) is 36.4 Å². The molecule has 23 heavy (non-hydrogen) atoms. The summed E-state index contributed by atoms with van der Waals surface area (Å²) in [5, 5.41) is 6.72. The molecule has 0 atom stereocenters. The molecule has 0 saturated carbocycles. The molecule has 0 aromatic heterocycles. The van der Waals surface area contributed by atoms with Crippen molar-refractivity contribution >= 4 is 29.9 Å². The largest absolute Gasteiger partial charge is 0.356 e. The van der Waals surface area contributed by atoms with Gasteiger partial charge in [0.1, 0.15) is 0 Å². The molecule has 2 N–H and O–H groups in total. The van der Waals surface area contributed by atoms with E-state index in [2.05, 4.69) is 70.2 Å². The minimum absolute atomic E-state index is 0. The summed E-state index contributed by atoms with van der Waals surface area (Å²) in [6, 6.07) is 21.1. The standard InChI is InChI=1S/C19H25N3.HI/c1-20-19(22-16-14-18-11-6-3-7-12-18)21-15-8-13-17-9-4-2-5-10-17;/h2-7,9-12H,8,13-16H2,1H3,(H2,20,21,22);1H. The van der Waals surface area contributed by atoms with Gasteiger partial charge in [-0.15, -0.1) is 24.0 Å². The Morgan fingerprint density at radius 2 is 1.30 bits per heavy atom. The summed E-state index contributed by atoms with van der Waals surface area (Å²) in [5.41, 5.74) is 2.73. The zero-order chi connectivity index (χ0) is 15.5. The van der Waals surface area contributed by atoms with Gasteiger partial charge in [-0.05, 0) is 30.4 Å². The fourth-order valence-corrected chi connectivity index (χ4v) is 2.33. The highest BCUT2D eigenvalue weighted by Gasteiger charge is 1.98. The number of nitrogens with one attached hydrogen (secondary N) is 2. The van der Waals surface area contributed by atoms with E-state index in [0.29, 0.717) is 0 Å². The Morgan fingerprint density at radius 1 is 0.783 bits per heavy atom. The Hall–Kier alpha value is -1.56. The SMILES string of the molecule is CN=C(NCCCc1ccccc1)NCCc1ccccc1.I. The highest BCUT2D eigenvalue weighted by Crippen LogP contribution is 2.01. The predicted octanol–water partition coefficient (Wildman–Crippen LogP) is 3.64. The van der Waals surface area contributed by atoms with Gasteiger partial charge >= 0.3 is 0 Å². The van der Waals surface area contributed by atoms with Crippen LogP contribution >= 0.6 is 24.0 Å². The molecule has 3 nitrogen and oxygen atoms in total. The molecule has 0 aliphatic heterocycles. The Bertz CT molecular complexity index is 555. The fourth-order valence-electron chi connectivity index (χ4n) is 2.33. The first-order valence-electron chi connectivity index (χ1n) is 7.91. The van der Waals surface area contributed by atoms with E-state index in [1.807, 2.05) is 13.1 Å². The number of nitrogens with zero attached hydrogens (tertiary/aromatic N) is 1. The lowest BCUT2D eigenvalue weighted by molar-refractivity contribution is 0.739. The van der Waals surface area contributed by atoms with E-state index in [1.165, 1.54) is 11.1 Å². The molecule has 0 heterocycles. The molecule has 2 rings (SSSR count). The van der Waals surface area contributed by atoms with Gasteiger partial charge in [-0.25, -0.2) is 0 Å². The predicted molar refractivity (Wildman–Crippen MR) is 110 cm³/mol. The average Bonchev–Trinajstić information content (AvgIpc) is 2.59. The third-order valence-electron chi connectivity index (χ3n) is 3.55. The zero-order valence-corrected chi connectivity index (χ0v) is 16.0. The summed E-state index contributed by atoms with van der Waals surface area (Å²) in [6.45, 7) is 1.82. The minimum Gasteiger partial charge on any atom is -0.356 e. The smallest absolute Gasteiger partial charge is 0.190 e. The van der Waals surface area contributed by atoms with Crippen LogP contribution in [-0.2, 0) is 12.8 Å². The summed E-state index contributed by atoms with van der Waals surface area (Å²) in [7, 11) is 1.81. The molecule has 2 aromatic carbocycles. The number of guanidine groups is 1. The molecule has 0 fully saturated rings. The van der Waals surface area contributed by atoms with Crippen molar-refractivity contribution in [1.29, 1.82) is 0 Å². The maximum absolute atomic E-state index is 4.26. The third-order valence-corrected chi connectivity index (χ3v) is 3.55. The highest BCUT2D eigenvalue weighted by atomic mass is 127. The fraction of sp³-hybridized carbons (Fsp3) is 0.316. The summed E-state index contributed by atoms with van der Waals surface area (Å²) in [4.78, 5) is 4.26. The maximum Gasteiger partial charge on any atom is 0.190 e. The van der Waals surface area contributed by atoms with Crippen LogP contribution < -0.4 is 10.6 Å². The van der Waals surface area contributed by atoms with Gasteiger partial charge in [-0.2, -0.15) is 0 Å². The van der Waals surface area contributed by atoms with Crippen molar-refractivity contribution in [3.63, 3.8) is 0 Å². The van der Waals surface area contributed by atoms with E-state index in [1.54, 1.807) is 0 Å². The van der Waals surface area contributed by atoms with Crippen LogP contribution in [-0.4, -0.2) is 26.1 Å².